The average molecular weight is 420 g/mol. The fourth-order valence-corrected chi connectivity index (χ4v) is 3.81. The van der Waals surface area contributed by atoms with Crippen molar-refractivity contribution in [3.05, 3.63) is 100 Å². The number of benzene rings is 3. The number of hydrogen-bond donors (Lipinski definition) is 1. The molecule has 1 N–H and O–H groups in total. The summed E-state index contributed by atoms with van der Waals surface area (Å²) in [7, 11) is 0. The zero-order valence-electron chi connectivity index (χ0n) is 14.2. The predicted octanol–water partition coefficient (Wildman–Crippen LogP) is 5.99. The molecule has 0 saturated carbocycles. The first-order chi connectivity index (χ1) is 13.2. The van der Waals surface area contributed by atoms with Gasteiger partial charge in [0.15, 0.2) is 0 Å². The molecule has 3 aromatic carbocycles. The molecule has 4 aromatic rings. The summed E-state index contributed by atoms with van der Waals surface area (Å²) in [6.07, 6.45) is 2.06. The molecule has 0 amide bonds. The Morgan fingerprint density at radius 2 is 1.67 bits per heavy atom. The van der Waals surface area contributed by atoms with E-state index in [1.54, 1.807) is 6.07 Å². The van der Waals surface area contributed by atoms with Gasteiger partial charge in [-0.3, -0.25) is 4.57 Å². The monoisotopic (exact) mass is 419 g/mol. The third-order valence-electron chi connectivity index (χ3n) is 4.82. The van der Waals surface area contributed by atoms with Crippen LogP contribution in [-0.2, 0) is 0 Å². The number of halogens is 2. The third kappa shape index (κ3) is 2.75. The van der Waals surface area contributed by atoms with Gasteiger partial charge < -0.3 is 5.32 Å². The van der Waals surface area contributed by atoms with Crippen LogP contribution < -0.4 is 5.32 Å². The molecule has 0 saturated heterocycles. The number of para-hydroxylation sites is 2. The molecule has 2 heterocycles. The molecule has 0 bridgehead atoms. The second-order valence-corrected chi connectivity index (χ2v) is 7.39. The molecule has 5 heteroatoms. The quantitative estimate of drug-likeness (QED) is 0.432. The molecule has 0 spiro atoms. The van der Waals surface area contributed by atoms with Gasteiger partial charge in [0.05, 0.1) is 17.1 Å². The van der Waals surface area contributed by atoms with E-state index in [2.05, 4.69) is 31.9 Å². The highest BCUT2D eigenvalue weighted by atomic mass is 79.9. The summed E-state index contributed by atoms with van der Waals surface area (Å²) in [5.74, 6) is 0.490. The largest absolute Gasteiger partial charge is 0.325 e. The summed E-state index contributed by atoms with van der Waals surface area (Å²) >= 11 is 3.47. The predicted molar refractivity (Wildman–Crippen MR) is 110 cm³/mol. The highest BCUT2D eigenvalue weighted by molar-refractivity contribution is 9.10. The number of aromatic nitrogens is 2. The number of rotatable bonds is 2. The number of allylic oxidation sites excluding steroid dienone is 1. The van der Waals surface area contributed by atoms with Gasteiger partial charge in [0.25, 0.3) is 0 Å². The Morgan fingerprint density at radius 3 is 2.48 bits per heavy atom. The number of hydrogen-bond acceptors (Lipinski definition) is 2. The Balaban J connectivity index is 1.74. The SMILES string of the molecule is Fc1ccccc1[C@@H]1C=C(c2ccc(Br)cc2)Nc2nc3ccccc3n21. The van der Waals surface area contributed by atoms with Gasteiger partial charge in [-0.25, -0.2) is 9.37 Å². The van der Waals surface area contributed by atoms with Crippen molar-refractivity contribution in [1.29, 1.82) is 0 Å². The van der Waals surface area contributed by atoms with Crippen molar-refractivity contribution in [3.8, 4) is 0 Å². The number of nitrogens with zero attached hydrogens (tertiary/aromatic N) is 2. The molecule has 0 unspecified atom stereocenters. The molecule has 1 aromatic heterocycles. The number of anilines is 1. The average Bonchev–Trinajstić information content (AvgIpc) is 3.07. The second-order valence-electron chi connectivity index (χ2n) is 6.47. The topological polar surface area (TPSA) is 29.9 Å². The summed E-state index contributed by atoms with van der Waals surface area (Å²) < 4.78 is 17.7. The van der Waals surface area contributed by atoms with Crippen LogP contribution in [0.15, 0.2) is 83.3 Å². The van der Waals surface area contributed by atoms with Crippen molar-refractivity contribution in [2.75, 3.05) is 5.32 Å². The molecule has 27 heavy (non-hydrogen) atoms. The number of imidazole rings is 1. The molecular formula is C22H15BrFN3. The molecule has 5 rings (SSSR count). The lowest BCUT2D eigenvalue weighted by molar-refractivity contribution is 0.583. The maximum atomic E-state index is 14.7. The van der Waals surface area contributed by atoms with Crippen molar-refractivity contribution in [2.45, 2.75) is 6.04 Å². The zero-order chi connectivity index (χ0) is 18.4. The maximum absolute atomic E-state index is 14.7. The van der Waals surface area contributed by atoms with Crippen LogP contribution in [0.25, 0.3) is 16.7 Å². The van der Waals surface area contributed by atoms with E-state index in [1.807, 2.05) is 60.7 Å². The zero-order valence-corrected chi connectivity index (χ0v) is 15.8. The lowest BCUT2D eigenvalue weighted by Gasteiger charge is -2.27. The molecular weight excluding hydrogens is 405 g/mol. The van der Waals surface area contributed by atoms with Crippen molar-refractivity contribution < 1.29 is 4.39 Å². The molecule has 1 aliphatic rings. The van der Waals surface area contributed by atoms with Crippen molar-refractivity contribution in [1.82, 2.24) is 9.55 Å². The summed E-state index contributed by atoms with van der Waals surface area (Å²) in [5, 5.41) is 3.42. The van der Waals surface area contributed by atoms with Crippen LogP contribution in [0.5, 0.6) is 0 Å². The lowest BCUT2D eigenvalue weighted by atomic mass is 10.0. The van der Waals surface area contributed by atoms with Crippen molar-refractivity contribution in [2.24, 2.45) is 0 Å². The van der Waals surface area contributed by atoms with Gasteiger partial charge in [-0.15, -0.1) is 0 Å². The van der Waals surface area contributed by atoms with E-state index < -0.39 is 0 Å². The van der Waals surface area contributed by atoms with E-state index >= 15 is 0 Å². The fraction of sp³-hybridized carbons (Fsp3) is 0.0455. The van der Waals surface area contributed by atoms with Crippen molar-refractivity contribution >= 4 is 38.6 Å². The molecule has 1 aliphatic heterocycles. The van der Waals surface area contributed by atoms with E-state index in [-0.39, 0.29) is 11.9 Å². The highest BCUT2D eigenvalue weighted by Crippen LogP contribution is 2.37. The van der Waals surface area contributed by atoms with Gasteiger partial charge in [-0.05, 0) is 42.0 Å². The van der Waals surface area contributed by atoms with Gasteiger partial charge in [-0.1, -0.05) is 58.4 Å². The molecule has 0 fully saturated rings. The standard InChI is InChI=1S/C22H15BrFN3/c23-15-11-9-14(10-12-15)19-13-21(16-5-1-2-6-17(16)24)27-20-8-4-3-7-18(20)25-22(27)26-19/h1-13,21H,(H,25,26)/t21-/m0/s1. The van der Waals surface area contributed by atoms with E-state index in [0.29, 0.717) is 11.5 Å². The normalized spacial score (nSPS) is 15.9. The summed E-state index contributed by atoms with van der Waals surface area (Å²) in [6.45, 7) is 0. The van der Waals surface area contributed by atoms with Crippen molar-refractivity contribution in [3.63, 3.8) is 0 Å². The van der Waals surface area contributed by atoms with Crippen LogP contribution in [0.1, 0.15) is 17.2 Å². The van der Waals surface area contributed by atoms with E-state index in [9.17, 15) is 4.39 Å². The van der Waals surface area contributed by atoms with E-state index in [4.69, 9.17) is 4.98 Å². The van der Waals surface area contributed by atoms with E-state index in [1.165, 1.54) is 6.07 Å². The van der Waals surface area contributed by atoms with Gasteiger partial charge in [0.2, 0.25) is 5.95 Å². The van der Waals surface area contributed by atoms with E-state index in [0.717, 1.165) is 26.8 Å². The Labute approximate surface area is 164 Å². The number of fused-ring (bicyclic) bond motifs is 3. The van der Waals surface area contributed by atoms with Gasteiger partial charge >= 0.3 is 0 Å². The highest BCUT2D eigenvalue weighted by Gasteiger charge is 2.26. The minimum atomic E-state index is -0.284. The lowest BCUT2D eigenvalue weighted by Crippen LogP contribution is -2.19. The molecule has 1 atom stereocenters. The molecule has 132 valence electrons. The Kier molecular flexibility index (Phi) is 3.83. The summed E-state index contributed by atoms with van der Waals surface area (Å²) in [4.78, 5) is 4.73. The first-order valence-corrected chi connectivity index (χ1v) is 9.46. The molecule has 3 nitrogen and oxygen atoms in total. The van der Waals surface area contributed by atoms with Crippen LogP contribution in [-0.4, -0.2) is 9.55 Å². The molecule has 0 aliphatic carbocycles. The summed E-state index contributed by atoms with van der Waals surface area (Å²) in [6, 6.07) is 22.6. The second kappa shape index (κ2) is 6.35. The smallest absolute Gasteiger partial charge is 0.209 e. The first kappa shape index (κ1) is 16.3. The van der Waals surface area contributed by atoms with Gasteiger partial charge in [-0.2, -0.15) is 0 Å². The third-order valence-corrected chi connectivity index (χ3v) is 5.35. The van der Waals surface area contributed by atoms with Crippen LogP contribution in [0.4, 0.5) is 10.3 Å². The van der Waals surface area contributed by atoms with Crippen LogP contribution in [0.3, 0.4) is 0 Å². The number of nitrogens with one attached hydrogen (secondary N) is 1. The fourth-order valence-electron chi connectivity index (χ4n) is 3.55. The van der Waals surface area contributed by atoms with Gasteiger partial charge in [0.1, 0.15) is 5.82 Å². The Bertz CT molecular complexity index is 1180. The Hall–Kier alpha value is -2.92. The Morgan fingerprint density at radius 1 is 0.926 bits per heavy atom. The minimum absolute atomic E-state index is 0.223. The van der Waals surface area contributed by atoms with Crippen LogP contribution in [0.2, 0.25) is 0 Å². The maximum Gasteiger partial charge on any atom is 0.209 e. The van der Waals surface area contributed by atoms with Crippen LogP contribution in [0, 0.1) is 5.82 Å². The summed E-state index contributed by atoms with van der Waals surface area (Å²) in [5.41, 5.74) is 4.42. The first-order valence-electron chi connectivity index (χ1n) is 8.67. The van der Waals surface area contributed by atoms with Crippen LogP contribution >= 0.6 is 15.9 Å². The molecule has 0 radical (unpaired) electrons. The van der Waals surface area contributed by atoms with Gasteiger partial charge in [0, 0.05) is 15.7 Å². The minimum Gasteiger partial charge on any atom is -0.325 e.